The van der Waals surface area contributed by atoms with Crippen molar-refractivity contribution in [2.45, 2.75) is 19.4 Å². The summed E-state index contributed by atoms with van der Waals surface area (Å²) in [5.74, 6) is 1.09. The number of amides is 1. The summed E-state index contributed by atoms with van der Waals surface area (Å²) in [4.78, 5) is 16.2. The number of anilines is 1. The summed E-state index contributed by atoms with van der Waals surface area (Å²) in [6.07, 6.45) is 0.750. The SMILES string of the molecule is Cl.NCc1nc(-c2ccc(NC(=O)CCN3CCCS3(=O)=O)cc2)n[nH]1. The highest BCUT2D eigenvalue weighted by molar-refractivity contribution is 7.89. The predicted octanol–water partition coefficient (Wildman–Crippen LogP) is 0.716. The number of hydrogen-bond donors (Lipinski definition) is 3. The molecule has 1 fully saturated rings. The van der Waals surface area contributed by atoms with Crippen LogP contribution in [0.2, 0.25) is 0 Å². The number of hydrogen-bond acceptors (Lipinski definition) is 6. The van der Waals surface area contributed by atoms with E-state index in [4.69, 9.17) is 5.73 Å². The molecule has 0 atom stereocenters. The molecule has 3 rings (SSSR count). The second kappa shape index (κ2) is 8.58. The Morgan fingerprint density at radius 3 is 2.62 bits per heavy atom. The van der Waals surface area contributed by atoms with Crippen LogP contribution >= 0.6 is 12.4 Å². The topological polar surface area (TPSA) is 134 Å². The van der Waals surface area contributed by atoms with Gasteiger partial charge in [0.1, 0.15) is 5.82 Å². The normalized spacial score (nSPS) is 16.2. The number of carbonyl (C=O) groups is 1. The molecule has 11 heteroatoms. The first kappa shape index (κ1) is 20.3. The number of nitrogens with zero attached hydrogens (tertiary/aromatic N) is 3. The van der Waals surface area contributed by atoms with Crippen molar-refractivity contribution in [3.05, 3.63) is 30.1 Å². The van der Waals surface area contributed by atoms with Crippen molar-refractivity contribution in [1.82, 2.24) is 19.5 Å². The second-order valence-electron chi connectivity index (χ2n) is 5.75. The van der Waals surface area contributed by atoms with Gasteiger partial charge in [0.25, 0.3) is 0 Å². The molecule has 0 spiro atoms. The van der Waals surface area contributed by atoms with Crippen LogP contribution in [0.1, 0.15) is 18.7 Å². The summed E-state index contributed by atoms with van der Waals surface area (Å²) in [5, 5.41) is 9.57. The molecule has 0 saturated carbocycles. The van der Waals surface area contributed by atoms with Crippen LogP contribution in [0, 0.1) is 0 Å². The molecule has 0 bridgehead atoms. The standard InChI is InChI=1S/C15H20N6O3S.ClH/c16-10-13-18-15(20-19-13)11-2-4-12(5-3-11)17-14(22)6-8-21-7-1-9-25(21,23)24;/h2-5H,1,6-10,16H2,(H,17,22)(H,18,19,20);1H. The van der Waals surface area contributed by atoms with Gasteiger partial charge in [-0.3, -0.25) is 9.89 Å². The Morgan fingerprint density at radius 1 is 1.31 bits per heavy atom. The molecule has 2 aromatic rings. The molecule has 1 aliphatic heterocycles. The van der Waals surface area contributed by atoms with Gasteiger partial charge in [0, 0.05) is 30.8 Å². The summed E-state index contributed by atoms with van der Waals surface area (Å²) in [7, 11) is -3.16. The Morgan fingerprint density at radius 2 is 2.04 bits per heavy atom. The van der Waals surface area contributed by atoms with Crippen LogP contribution in [0.3, 0.4) is 0 Å². The number of nitrogens with one attached hydrogen (secondary N) is 2. The van der Waals surface area contributed by atoms with Gasteiger partial charge < -0.3 is 11.1 Å². The van der Waals surface area contributed by atoms with Gasteiger partial charge in [-0.1, -0.05) is 0 Å². The molecule has 1 saturated heterocycles. The molecule has 1 aromatic carbocycles. The molecule has 1 aliphatic rings. The minimum absolute atomic E-state index is 0. The van der Waals surface area contributed by atoms with Crippen LogP contribution in [-0.4, -0.2) is 52.7 Å². The Bertz CT molecular complexity index is 853. The highest BCUT2D eigenvalue weighted by Gasteiger charge is 2.28. The lowest BCUT2D eigenvalue weighted by Crippen LogP contribution is -2.29. The first-order chi connectivity index (χ1) is 12.0. The van der Waals surface area contributed by atoms with Crippen molar-refractivity contribution in [3.63, 3.8) is 0 Å². The maximum atomic E-state index is 12.0. The number of H-pyrrole nitrogens is 1. The summed E-state index contributed by atoms with van der Waals surface area (Å²) in [5.41, 5.74) is 6.92. The van der Waals surface area contributed by atoms with Crippen LogP contribution in [0.25, 0.3) is 11.4 Å². The molecule has 9 nitrogen and oxygen atoms in total. The highest BCUT2D eigenvalue weighted by Crippen LogP contribution is 2.18. The van der Waals surface area contributed by atoms with Gasteiger partial charge in [-0.25, -0.2) is 17.7 Å². The molecule has 0 radical (unpaired) electrons. The van der Waals surface area contributed by atoms with Gasteiger partial charge >= 0.3 is 0 Å². The molecule has 2 heterocycles. The lowest BCUT2D eigenvalue weighted by Gasteiger charge is -2.13. The number of nitrogens with two attached hydrogens (primary N) is 1. The van der Waals surface area contributed by atoms with E-state index in [1.54, 1.807) is 24.3 Å². The Hall–Kier alpha value is -2.01. The van der Waals surface area contributed by atoms with Crippen LogP contribution in [-0.2, 0) is 21.4 Å². The van der Waals surface area contributed by atoms with Crippen molar-refractivity contribution in [2.24, 2.45) is 5.73 Å². The summed E-state index contributed by atoms with van der Waals surface area (Å²) in [6.45, 7) is 0.991. The number of sulfonamides is 1. The van der Waals surface area contributed by atoms with E-state index in [0.717, 1.165) is 5.56 Å². The third-order valence-electron chi connectivity index (χ3n) is 3.94. The molecule has 0 aliphatic carbocycles. The number of carbonyl (C=O) groups excluding carboxylic acids is 1. The van der Waals surface area contributed by atoms with Gasteiger partial charge in [-0.15, -0.1) is 12.4 Å². The van der Waals surface area contributed by atoms with Gasteiger partial charge in [0.15, 0.2) is 5.82 Å². The number of aromatic nitrogens is 3. The summed E-state index contributed by atoms with van der Waals surface area (Å²) >= 11 is 0. The van der Waals surface area contributed by atoms with Crippen molar-refractivity contribution in [1.29, 1.82) is 0 Å². The van der Waals surface area contributed by atoms with Crippen molar-refractivity contribution in [2.75, 3.05) is 24.2 Å². The lowest BCUT2D eigenvalue weighted by atomic mass is 10.2. The zero-order valence-electron chi connectivity index (χ0n) is 14.0. The average Bonchev–Trinajstić information content (AvgIpc) is 3.19. The van der Waals surface area contributed by atoms with Gasteiger partial charge in [0.2, 0.25) is 15.9 Å². The fraction of sp³-hybridized carbons (Fsp3) is 0.400. The van der Waals surface area contributed by atoms with E-state index in [2.05, 4.69) is 20.5 Å². The number of benzene rings is 1. The van der Waals surface area contributed by atoms with E-state index in [1.165, 1.54) is 4.31 Å². The molecule has 1 amide bonds. The lowest BCUT2D eigenvalue weighted by molar-refractivity contribution is -0.116. The monoisotopic (exact) mass is 400 g/mol. The van der Waals surface area contributed by atoms with Crippen LogP contribution in [0.15, 0.2) is 24.3 Å². The van der Waals surface area contributed by atoms with Crippen LogP contribution in [0.4, 0.5) is 5.69 Å². The Labute approximate surface area is 157 Å². The third-order valence-corrected chi connectivity index (χ3v) is 5.90. The van der Waals surface area contributed by atoms with E-state index in [-0.39, 0.29) is 43.6 Å². The number of rotatable bonds is 6. The van der Waals surface area contributed by atoms with Gasteiger partial charge in [-0.05, 0) is 30.7 Å². The smallest absolute Gasteiger partial charge is 0.225 e. The maximum Gasteiger partial charge on any atom is 0.225 e. The first-order valence-corrected chi connectivity index (χ1v) is 9.58. The summed E-state index contributed by atoms with van der Waals surface area (Å²) in [6, 6.07) is 7.09. The van der Waals surface area contributed by atoms with Crippen molar-refractivity contribution >= 4 is 34.0 Å². The minimum Gasteiger partial charge on any atom is -0.326 e. The first-order valence-electron chi connectivity index (χ1n) is 7.97. The fourth-order valence-corrected chi connectivity index (χ4v) is 4.14. The third kappa shape index (κ3) is 4.79. The van der Waals surface area contributed by atoms with Crippen molar-refractivity contribution in [3.8, 4) is 11.4 Å². The highest BCUT2D eigenvalue weighted by atomic mass is 35.5. The molecule has 142 valence electrons. The zero-order chi connectivity index (χ0) is 17.9. The molecule has 26 heavy (non-hydrogen) atoms. The largest absolute Gasteiger partial charge is 0.326 e. The Balaban J connectivity index is 0.00000243. The van der Waals surface area contributed by atoms with Crippen molar-refractivity contribution < 1.29 is 13.2 Å². The molecular formula is C15H21ClN6O3S. The van der Waals surface area contributed by atoms with E-state index >= 15 is 0 Å². The number of aromatic amines is 1. The number of halogens is 1. The van der Waals surface area contributed by atoms with Crippen LogP contribution < -0.4 is 11.1 Å². The predicted molar refractivity (Wildman–Crippen MR) is 100 cm³/mol. The fourth-order valence-electron chi connectivity index (χ4n) is 2.61. The van der Waals surface area contributed by atoms with E-state index < -0.39 is 10.0 Å². The van der Waals surface area contributed by atoms with E-state index in [1.807, 2.05) is 0 Å². The van der Waals surface area contributed by atoms with E-state index in [9.17, 15) is 13.2 Å². The second-order valence-corrected chi connectivity index (χ2v) is 7.84. The zero-order valence-corrected chi connectivity index (χ0v) is 15.6. The van der Waals surface area contributed by atoms with E-state index in [0.29, 0.717) is 30.3 Å². The van der Waals surface area contributed by atoms with Gasteiger partial charge in [0.05, 0.1) is 12.3 Å². The summed E-state index contributed by atoms with van der Waals surface area (Å²) < 4.78 is 24.8. The molecule has 4 N–H and O–H groups in total. The molecule has 1 aromatic heterocycles. The minimum atomic E-state index is -3.16. The van der Waals surface area contributed by atoms with Gasteiger partial charge in [-0.2, -0.15) is 5.10 Å². The quantitative estimate of drug-likeness (QED) is 0.653. The molecular weight excluding hydrogens is 380 g/mol. The average molecular weight is 401 g/mol. The molecule has 0 unspecified atom stereocenters. The maximum absolute atomic E-state index is 12.0. The Kier molecular flexibility index (Phi) is 6.70. The van der Waals surface area contributed by atoms with Crippen LogP contribution in [0.5, 0.6) is 0 Å².